The number of carbonyl (C=O) groups excluding carboxylic acids is 1. The van der Waals surface area contributed by atoms with E-state index in [9.17, 15) is 4.79 Å². The molecule has 0 atom stereocenters. The van der Waals surface area contributed by atoms with Crippen LogP contribution in [0, 0.1) is 27.7 Å². The van der Waals surface area contributed by atoms with E-state index in [0.29, 0.717) is 16.3 Å². The number of halogens is 1. The number of rotatable bonds is 2. The second-order valence-electron chi connectivity index (χ2n) is 5.17. The smallest absolute Gasteiger partial charge is 0.255 e. The van der Waals surface area contributed by atoms with Gasteiger partial charge in [-0.3, -0.25) is 4.79 Å². The molecule has 20 heavy (non-hydrogen) atoms. The largest absolute Gasteiger partial charge is 0.322 e. The number of nitrogens with one attached hydrogen (secondary N) is 1. The van der Waals surface area contributed by atoms with E-state index in [1.807, 2.05) is 52.0 Å². The molecule has 0 saturated carbocycles. The molecule has 0 unspecified atom stereocenters. The Morgan fingerprint density at radius 1 is 0.900 bits per heavy atom. The third-order valence-electron chi connectivity index (χ3n) is 3.52. The summed E-state index contributed by atoms with van der Waals surface area (Å²) in [6.45, 7) is 7.93. The lowest BCUT2D eigenvalue weighted by molar-refractivity contribution is 0.102. The summed E-state index contributed by atoms with van der Waals surface area (Å²) < 4.78 is 0. The number of carbonyl (C=O) groups is 1. The Morgan fingerprint density at radius 3 is 2.20 bits per heavy atom. The zero-order valence-corrected chi connectivity index (χ0v) is 12.9. The van der Waals surface area contributed by atoms with Gasteiger partial charge in [-0.15, -0.1) is 0 Å². The molecule has 104 valence electrons. The Kier molecular flexibility index (Phi) is 4.15. The van der Waals surface area contributed by atoms with Crippen molar-refractivity contribution in [1.82, 2.24) is 0 Å². The van der Waals surface area contributed by atoms with Crippen LogP contribution >= 0.6 is 11.6 Å². The molecule has 1 N–H and O–H groups in total. The number of benzene rings is 2. The van der Waals surface area contributed by atoms with Gasteiger partial charge in [-0.1, -0.05) is 23.7 Å². The van der Waals surface area contributed by atoms with E-state index < -0.39 is 0 Å². The van der Waals surface area contributed by atoms with Crippen LogP contribution in [-0.4, -0.2) is 5.91 Å². The van der Waals surface area contributed by atoms with Gasteiger partial charge in [0.05, 0.1) is 0 Å². The molecule has 0 aliphatic heterocycles. The van der Waals surface area contributed by atoms with Gasteiger partial charge in [-0.2, -0.15) is 0 Å². The predicted molar refractivity (Wildman–Crippen MR) is 84.8 cm³/mol. The molecule has 3 heteroatoms. The van der Waals surface area contributed by atoms with E-state index in [-0.39, 0.29) is 5.91 Å². The minimum absolute atomic E-state index is 0.106. The van der Waals surface area contributed by atoms with E-state index in [1.54, 1.807) is 6.07 Å². The van der Waals surface area contributed by atoms with Crippen LogP contribution in [0.4, 0.5) is 5.69 Å². The Balaban J connectivity index is 2.28. The summed E-state index contributed by atoms with van der Waals surface area (Å²) in [7, 11) is 0. The van der Waals surface area contributed by atoms with Crippen molar-refractivity contribution in [1.29, 1.82) is 0 Å². The molecule has 1 amide bonds. The molecule has 0 aliphatic carbocycles. The highest BCUT2D eigenvalue weighted by Gasteiger charge is 2.11. The normalized spacial score (nSPS) is 10.4. The number of aryl methyl sites for hydroxylation is 4. The molecule has 0 aliphatic rings. The molecule has 0 saturated heterocycles. The molecular weight excluding hydrogens is 270 g/mol. The van der Waals surface area contributed by atoms with Crippen LogP contribution in [0.1, 0.15) is 32.6 Å². The first-order valence-electron chi connectivity index (χ1n) is 6.54. The maximum Gasteiger partial charge on any atom is 0.255 e. The summed E-state index contributed by atoms with van der Waals surface area (Å²) in [5.74, 6) is -0.106. The van der Waals surface area contributed by atoms with Crippen LogP contribution in [0.2, 0.25) is 5.02 Å². The minimum Gasteiger partial charge on any atom is -0.322 e. The quantitative estimate of drug-likeness (QED) is 0.842. The van der Waals surface area contributed by atoms with Crippen molar-refractivity contribution in [3.63, 3.8) is 0 Å². The fourth-order valence-corrected chi connectivity index (χ4v) is 2.25. The molecule has 2 rings (SSSR count). The topological polar surface area (TPSA) is 29.1 Å². The van der Waals surface area contributed by atoms with Gasteiger partial charge >= 0.3 is 0 Å². The van der Waals surface area contributed by atoms with E-state index in [2.05, 4.69) is 5.32 Å². The second-order valence-corrected chi connectivity index (χ2v) is 5.58. The summed E-state index contributed by atoms with van der Waals surface area (Å²) >= 11 is 6.07. The maximum atomic E-state index is 12.3. The average Bonchev–Trinajstić information content (AvgIpc) is 2.38. The third kappa shape index (κ3) is 3.02. The number of hydrogen-bond acceptors (Lipinski definition) is 1. The molecule has 2 aromatic rings. The van der Waals surface area contributed by atoms with Crippen molar-refractivity contribution in [3.8, 4) is 0 Å². The monoisotopic (exact) mass is 287 g/mol. The molecular formula is C17H18ClNO. The van der Waals surface area contributed by atoms with Crippen LogP contribution < -0.4 is 5.32 Å². The zero-order valence-electron chi connectivity index (χ0n) is 12.2. The van der Waals surface area contributed by atoms with Crippen molar-refractivity contribution in [2.75, 3.05) is 5.32 Å². The van der Waals surface area contributed by atoms with Crippen molar-refractivity contribution in [2.45, 2.75) is 27.7 Å². The molecule has 2 nitrogen and oxygen atoms in total. The maximum absolute atomic E-state index is 12.3. The van der Waals surface area contributed by atoms with Crippen molar-refractivity contribution >= 4 is 23.2 Å². The Morgan fingerprint density at radius 2 is 1.55 bits per heavy atom. The highest BCUT2D eigenvalue weighted by atomic mass is 35.5. The Labute approximate surface area is 124 Å². The fourth-order valence-electron chi connectivity index (χ4n) is 2.07. The van der Waals surface area contributed by atoms with E-state index in [0.717, 1.165) is 16.7 Å². The van der Waals surface area contributed by atoms with Crippen LogP contribution in [0.5, 0.6) is 0 Å². The molecule has 0 bridgehead atoms. The van der Waals surface area contributed by atoms with E-state index in [1.165, 1.54) is 5.56 Å². The Bertz CT molecular complexity index is 677. The van der Waals surface area contributed by atoms with Gasteiger partial charge in [-0.25, -0.2) is 0 Å². The lowest BCUT2D eigenvalue weighted by Gasteiger charge is -2.11. The second kappa shape index (κ2) is 5.68. The van der Waals surface area contributed by atoms with Crippen LogP contribution in [-0.2, 0) is 0 Å². The summed E-state index contributed by atoms with van der Waals surface area (Å²) in [6, 6.07) is 9.48. The molecule has 2 aromatic carbocycles. The molecule has 0 spiro atoms. The standard InChI is InChI=1S/C17H18ClNO/c1-10-5-6-14(9-16(10)18)19-17(20)15-8-12(3)11(2)7-13(15)4/h5-9H,1-4H3,(H,19,20). The first-order chi connectivity index (χ1) is 9.38. The van der Waals surface area contributed by atoms with Gasteiger partial charge in [0, 0.05) is 16.3 Å². The van der Waals surface area contributed by atoms with Crippen LogP contribution in [0.3, 0.4) is 0 Å². The first-order valence-corrected chi connectivity index (χ1v) is 6.91. The third-order valence-corrected chi connectivity index (χ3v) is 3.92. The predicted octanol–water partition coefficient (Wildman–Crippen LogP) is 4.83. The molecule has 0 aromatic heterocycles. The highest BCUT2D eigenvalue weighted by molar-refractivity contribution is 6.31. The lowest BCUT2D eigenvalue weighted by atomic mass is 10.0. The summed E-state index contributed by atoms with van der Waals surface area (Å²) in [5, 5.41) is 3.54. The van der Waals surface area contributed by atoms with Gasteiger partial charge in [-0.05, 0) is 68.1 Å². The van der Waals surface area contributed by atoms with Crippen molar-refractivity contribution in [3.05, 3.63) is 63.2 Å². The van der Waals surface area contributed by atoms with Crippen LogP contribution in [0.15, 0.2) is 30.3 Å². The Hall–Kier alpha value is -1.80. The minimum atomic E-state index is -0.106. The van der Waals surface area contributed by atoms with Gasteiger partial charge in [0.2, 0.25) is 0 Å². The number of anilines is 1. The SMILES string of the molecule is Cc1cc(C)c(C(=O)Nc2ccc(C)c(Cl)c2)cc1C. The average molecular weight is 288 g/mol. The molecule has 0 radical (unpaired) electrons. The van der Waals surface area contributed by atoms with Crippen molar-refractivity contribution in [2.24, 2.45) is 0 Å². The molecule has 0 fully saturated rings. The fraction of sp³-hybridized carbons (Fsp3) is 0.235. The van der Waals surface area contributed by atoms with Gasteiger partial charge in [0.15, 0.2) is 0 Å². The van der Waals surface area contributed by atoms with E-state index >= 15 is 0 Å². The van der Waals surface area contributed by atoms with Gasteiger partial charge in [0.1, 0.15) is 0 Å². The zero-order chi connectivity index (χ0) is 14.9. The van der Waals surface area contributed by atoms with Gasteiger partial charge in [0.25, 0.3) is 5.91 Å². The van der Waals surface area contributed by atoms with Gasteiger partial charge < -0.3 is 5.32 Å². The first kappa shape index (κ1) is 14.6. The lowest BCUT2D eigenvalue weighted by Crippen LogP contribution is -2.14. The van der Waals surface area contributed by atoms with Crippen molar-refractivity contribution < 1.29 is 4.79 Å². The molecule has 0 heterocycles. The summed E-state index contributed by atoms with van der Waals surface area (Å²) in [4.78, 5) is 12.3. The summed E-state index contributed by atoms with van der Waals surface area (Å²) in [5.41, 5.74) is 5.68. The summed E-state index contributed by atoms with van der Waals surface area (Å²) in [6.07, 6.45) is 0. The van der Waals surface area contributed by atoms with E-state index in [4.69, 9.17) is 11.6 Å². The number of amides is 1. The van der Waals surface area contributed by atoms with Crippen LogP contribution in [0.25, 0.3) is 0 Å². The highest BCUT2D eigenvalue weighted by Crippen LogP contribution is 2.21. The number of hydrogen-bond donors (Lipinski definition) is 1.